The quantitative estimate of drug-likeness (QED) is 0.465. The molecule has 0 saturated carbocycles. The summed E-state index contributed by atoms with van der Waals surface area (Å²) in [7, 11) is 2.18. The van der Waals surface area contributed by atoms with Crippen LogP contribution in [0.3, 0.4) is 0 Å². The molecule has 1 heteroatoms. The molecule has 13 heavy (non-hydrogen) atoms. The van der Waals surface area contributed by atoms with Gasteiger partial charge < -0.3 is 4.90 Å². The van der Waals surface area contributed by atoms with Crippen LogP contribution in [-0.2, 0) is 0 Å². The van der Waals surface area contributed by atoms with E-state index in [9.17, 15) is 0 Å². The highest BCUT2D eigenvalue weighted by Crippen LogP contribution is 1.94. The Morgan fingerprint density at radius 3 is 2.46 bits per heavy atom. The van der Waals surface area contributed by atoms with E-state index in [1.807, 2.05) is 0 Å². The monoisotopic (exact) mass is 181 g/mol. The maximum atomic E-state index is 3.21. The van der Waals surface area contributed by atoms with E-state index in [1.165, 1.54) is 25.9 Å². The Labute approximate surface area is 83.5 Å². The first-order valence-electron chi connectivity index (χ1n) is 5.33. The van der Waals surface area contributed by atoms with Gasteiger partial charge in [-0.05, 0) is 33.0 Å². The molecule has 0 aliphatic carbocycles. The molecular weight excluding hydrogens is 158 g/mol. The molecule has 0 bridgehead atoms. The molecule has 0 aromatic heterocycles. The van der Waals surface area contributed by atoms with Crippen molar-refractivity contribution >= 4 is 0 Å². The first-order chi connectivity index (χ1) is 6.16. The van der Waals surface area contributed by atoms with Gasteiger partial charge in [0.15, 0.2) is 0 Å². The summed E-state index contributed by atoms with van der Waals surface area (Å²) in [4.78, 5) is 2.37. The minimum absolute atomic E-state index is 0.522. The van der Waals surface area contributed by atoms with Gasteiger partial charge in [0.05, 0.1) is 0 Å². The molecule has 0 N–H and O–H groups in total. The Kier molecular flexibility index (Phi) is 7.83. The SMILES string of the molecule is CCCN(C)CCCC#CC(C)C. The second kappa shape index (κ2) is 8.13. The van der Waals surface area contributed by atoms with Crippen LogP contribution in [0, 0.1) is 17.8 Å². The van der Waals surface area contributed by atoms with Gasteiger partial charge in [-0.3, -0.25) is 0 Å². The van der Waals surface area contributed by atoms with Gasteiger partial charge in [0.25, 0.3) is 0 Å². The van der Waals surface area contributed by atoms with E-state index in [-0.39, 0.29) is 0 Å². The van der Waals surface area contributed by atoms with Gasteiger partial charge in [-0.2, -0.15) is 0 Å². The van der Waals surface area contributed by atoms with Crippen molar-refractivity contribution in [3.8, 4) is 11.8 Å². The summed E-state index contributed by atoms with van der Waals surface area (Å²) in [5.41, 5.74) is 0. The highest BCUT2D eigenvalue weighted by molar-refractivity contribution is 5.00. The predicted molar refractivity (Wildman–Crippen MR) is 59.6 cm³/mol. The van der Waals surface area contributed by atoms with E-state index in [4.69, 9.17) is 0 Å². The van der Waals surface area contributed by atoms with Crippen LogP contribution in [0.2, 0.25) is 0 Å². The Morgan fingerprint density at radius 1 is 1.23 bits per heavy atom. The lowest BCUT2D eigenvalue weighted by Crippen LogP contribution is -2.20. The molecule has 0 aromatic carbocycles. The fraction of sp³-hybridized carbons (Fsp3) is 0.833. The van der Waals surface area contributed by atoms with Crippen molar-refractivity contribution in [3.05, 3.63) is 0 Å². The van der Waals surface area contributed by atoms with Gasteiger partial charge in [-0.25, -0.2) is 0 Å². The van der Waals surface area contributed by atoms with Gasteiger partial charge in [0.2, 0.25) is 0 Å². The van der Waals surface area contributed by atoms with Crippen LogP contribution < -0.4 is 0 Å². The Morgan fingerprint density at radius 2 is 1.92 bits per heavy atom. The van der Waals surface area contributed by atoms with E-state index in [2.05, 4.69) is 44.6 Å². The molecule has 0 unspecified atom stereocenters. The van der Waals surface area contributed by atoms with Crippen molar-refractivity contribution in [3.63, 3.8) is 0 Å². The molecule has 0 atom stereocenters. The highest BCUT2D eigenvalue weighted by Gasteiger charge is 1.93. The zero-order valence-electron chi connectivity index (χ0n) is 9.56. The fourth-order valence-electron chi connectivity index (χ4n) is 1.21. The highest BCUT2D eigenvalue weighted by atomic mass is 15.1. The molecule has 0 heterocycles. The molecular formula is C12H23N. The minimum Gasteiger partial charge on any atom is -0.306 e. The molecule has 1 nitrogen and oxygen atoms in total. The van der Waals surface area contributed by atoms with Crippen LogP contribution in [-0.4, -0.2) is 25.0 Å². The molecule has 0 aliphatic rings. The molecule has 0 aromatic rings. The molecule has 0 amide bonds. The topological polar surface area (TPSA) is 3.24 Å². The van der Waals surface area contributed by atoms with Crippen LogP contribution in [0.4, 0.5) is 0 Å². The molecule has 0 fully saturated rings. The van der Waals surface area contributed by atoms with Gasteiger partial charge in [-0.15, -0.1) is 11.8 Å². The van der Waals surface area contributed by atoms with Crippen LogP contribution in [0.25, 0.3) is 0 Å². The molecule has 0 saturated heterocycles. The van der Waals surface area contributed by atoms with Crippen molar-refractivity contribution < 1.29 is 0 Å². The van der Waals surface area contributed by atoms with E-state index in [0.29, 0.717) is 5.92 Å². The van der Waals surface area contributed by atoms with Gasteiger partial charge in [0, 0.05) is 12.3 Å². The predicted octanol–water partition coefficient (Wildman–Crippen LogP) is 2.77. The van der Waals surface area contributed by atoms with E-state index in [1.54, 1.807) is 0 Å². The fourth-order valence-corrected chi connectivity index (χ4v) is 1.21. The second-order valence-electron chi connectivity index (χ2n) is 3.88. The molecule has 0 rings (SSSR count). The normalized spacial score (nSPS) is 10.3. The standard InChI is InChI=1S/C12H23N/c1-5-10-13(4)11-8-6-7-9-12(2)3/h12H,5-6,8,10-11H2,1-4H3. The minimum atomic E-state index is 0.522. The van der Waals surface area contributed by atoms with Crippen LogP contribution in [0.1, 0.15) is 40.0 Å². The summed E-state index contributed by atoms with van der Waals surface area (Å²) in [6.07, 6.45) is 3.50. The van der Waals surface area contributed by atoms with Crippen LogP contribution in [0.15, 0.2) is 0 Å². The van der Waals surface area contributed by atoms with Gasteiger partial charge in [0.1, 0.15) is 0 Å². The summed E-state index contributed by atoms with van der Waals surface area (Å²) >= 11 is 0. The maximum Gasteiger partial charge on any atom is 0.0146 e. The zero-order chi connectivity index (χ0) is 10.1. The third-order valence-electron chi connectivity index (χ3n) is 1.84. The lowest BCUT2D eigenvalue weighted by atomic mass is 10.2. The zero-order valence-corrected chi connectivity index (χ0v) is 9.56. The van der Waals surface area contributed by atoms with Crippen LogP contribution in [0.5, 0.6) is 0 Å². The Balaban J connectivity index is 3.31. The molecule has 0 aliphatic heterocycles. The average molecular weight is 181 g/mol. The van der Waals surface area contributed by atoms with E-state index in [0.717, 1.165) is 6.42 Å². The van der Waals surface area contributed by atoms with Crippen molar-refractivity contribution in [2.45, 2.75) is 40.0 Å². The summed E-state index contributed by atoms with van der Waals surface area (Å²) in [5, 5.41) is 0. The Hall–Kier alpha value is -0.480. The van der Waals surface area contributed by atoms with Crippen molar-refractivity contribution in [2.75, 3.05) is 20.1 Å². The first kappa shape index (κ1) is 12.5. The third kappa shape index (κ3) is 9.43. The lowest BCUT2D eigenvalue weighted by Gasteiger charge is -2.13. The number of unbranched alkanes of at least 4 members (excludes halogenated alkanes) is 1. The van der Waals surface area contributed by atoms with Gasteiger partial charge >= 0.3 is 0 Å². The largest absolute Gasteiger partial charge is 0.306 e. The van der Waals surface area contributed by atoms with Crippen LogP contribution >= 0.6 is 0 Å². The first-order valence-corrected chi connectivity index (χ1v) is 5.33. The van der Waals surface area contributed by atoms with E-state index >= 15 is 0 Å². The Bertz CT molecular complexity index is 162. The summed E-state index contributed by atoms with van der Waals surface area (Å²) < 4.78 is 0. The average Bonchev–Trinajstić information content (AvgIpc) is 2.03. The third-order valence-corrected chi connectivity index (χ3v) is 1.84. The van der Waals surface area contributed by atoms with Gasteiger partial charge in [-0.1, -0.05) is 20.8 Å². The number of nitrogens with zero attached hydrogens (tertiary/aromatic N) is 1. The summed E-state index contributed by atoms with van der Waals surface area (Å²) in [6, 6.07) is 0. The van der Waals surface area contributed by atoms with E-state index < -0.39 is 0 Å². The van der Waals surface area contributed by atoms with Crippen molar-refractivity contribution in [1.29, 1.82) is 0 Å². The molecule has 76 valence electrons. The second-order valence-corrected chi connectivity index (χ2v) is 3.88. The number of rotatable bonds is 5. The summed E-state index contributed by atoms with van der Waals surface area (Å²) in [6.45, 7) is 8.87. The summed E-state index contributed by atoms with van der Waals surface area (Å²) in [5.74, 6) is 6.91. The van der Waals surface area contributed by atoms with Crippen molar-refractivity contribution in [2.24, 2.45) is 5.92 Å². The van der Waals surface area contributed by atoms with Crippen molar-refractivity contribution in [1.82, 2.24) is 4.90 Å². The number of hydrogen-bond acceptors (Lipinski definition) is 1. The molecule has 0 radical (unpaired) electrons. The molecule has 0 spiro atoms. The maximum absolute atomic E-state index is 3.21. The smallest absolute Gasteiger partial charge is 0.0146 e. The lowest BCUT2D eigenvalue weighted by molar-refractivity contribution is 0.332. The number of hydrogen-bond donors (Lipinski definition) is 0.